The van der Waals surface area contributed by atoms with Gasteiger partial charge in [0.1, 0.15) is 0 Å². The lowest BCUT2D eigenvalue weighted by Gasteiger charge is -2.10. The van der Waals surface area contributed by atoms with Gasteiger partial charge in [0.25, 0.3) is 0 Å². The molecular weight excluding hydrogens is 176 g/mol. The molecule has 0 saturated carbocycles. The van der Waals surface area contributed by atoms with Gasteiger partial charge in [0.2, 0.25) is 5.88 Å². The first-order valence-electron chi connectivity index (χ1n) is 4.94. The zero-order valence-corrected chi connectivity index (χ0v) is 9.03. The Morgan fingerprint density at radius 1 is 1.43 bits per heavy atom. The summed E-state index contributed by atoms with van der Waals surface area (Å²) < 4.78 is 5.49. The average molecular weight is 194 g/mol. The Hall–Kier alpha value is -1.09. The first kappa shape index (κ1) is 11.0. The third-order valence-corrected chi connectivity index (χ3v) is 1.85. The molecule has 1 rings (SSSR count). The van der Waals surface area contributed by atoms with Crippen LogP contribution in [-0.2, 0) is 0 Å². The normalized spacial score (nSPS) is 12.9. The van der Waals surface area contributed by atoms with Crippen molar-refractivity contribution in [3.63, 3.8) is 0 Å². The van der Waals surface area contributed by atoms with Crippen LogP contribution in [0.25, 0.3) is 0 Å². The molecule has 78 valence electrons. The van der Waals surface area contributed by atoms with E-state index in [4.69, 9.17) is 10.5 Å². The van der Waals surface area contributed by atoms with E-state index in [2.05, 4.69) is 18.8 Å². The molecule has 1 aromatic rings. The van der Waals surface area contributed by atoms with E-state index < -0.39 is 0 Å². The van der Waals surface area contributed by atoms with Crippen LogP contribution in [0.15, 0.2) is 18.3 Å². The molecule has 0 aromatic carbocycles. The second-order valence-electron chi connectivity index (χ2n) is 3.92. The van der Waals surface area contributed by atoms with E-state index in [-0.39, 0.29) is 6.04 Å². The lowest BCUT2D eigenvalue weighted by Crippen LogP contribution is -2.08. The van der Waals surface area contributed by atoms with Crippen molar-refractivity contribution in [3.8, 4) is 5.88 Å². The van der Waals surface area contributed by atoms with Crippen molar-refractivity contribution < 1.29 is 4.74 Å². The summed E-state index contributed by atoms with van der Waals surface area (Å²) in [6, 6.07) is 3.83. The minimum atomic E-state index is 0.0272. The Morgan fingerprint density at radius 3 is 2.71 bits per heavy atom. The van der Waals surface area contributed by atoms with E-state index in [1.165, 1.54) is 0 Å². The summed E-state index contributed by atoms with van der Waals surface area (Å²) in [6.07, 6.45) is 1.73. The quantitative estimate of drug-likeness (QED) is 0.798. The molecule has 3 heteroatoms. The predicted molar refractivity (Wildman–Crippen MR) is 57.2 cm³/mol. The molecule has 0 amide bonds. The zero-order chi connectivity index (χ0) is 10.6. The lowest BCUT2D eigenvalue weighted by atomic mass is 10.1. The molecule has 0 bridgehead atoms. The third-order valence-electron chi connectivity index (χ3n) is 1.85. The van der Waals surface area contributed by atoms with E-state index in [9.17, 15) is 0 Å². The zero-order valence-electron chi connectivity index (χ0n) is 9.03. The number of hydrogen-bond acceptors (Lipinski definition) is 3. The van der Waals surface area contributed by atoms with Crippen LogP contribution in [0.3, 0.4) is 0 Å². The van der Waals surface area contributed by atoms with Gasteiger partial charge in [-0.2, -0.15) is 0 Å². The van der Waals surface area contributed by atoms with Gasteiger partial charge in [-0.3, -0.25) is 0 Å². The summed E-state index contributed by atoms with van der Waals surface area (Å²) in [4.78, 5) is 4.12. The minimum Gasteiger partial charge on any atom is -0.477 e. The van der Waals surface area contributed by atoms with Crippen molar-refractivity contribution in [3.05, 3.63) is 23.9 Å². The Balaban J connectivity index is 2.64. The number of pyridine rings is 1. The molecule has 1 atom stereocenters. The van der Waals surface area contributed by atoms with Crippen molar-refractivity contribution >= 4 is 0 Å². The van der Waals surface area contributed by atoms with Gasteiger partial charge in [-0.05, 0) is 24.5 Å². The minimum absolute atomic E-state index is 0.0272. The number of aromatic nitrogens is 1. The maximum absolute atomic E-state index is 5.76. The fourth-order valence-corrected chi connectivity index (χ4v) is 1.04. The van der Waals surface area contributed by atoms with Crippen LogP contribution in [-0.4, -0.2) is 11.6 Å². The molecule has 0 radical (unpaired) electrons. The Bertz CT molecular complexity index is 284. The van der Waals surface area contributed by atoms with E-state index in [0.717, 1.165) is 5.56 Å². The fourth-order valence-electron chi connectivity index (χ4n) is 1.04. The number of nitrogens with zero attached hydrogens (tertiary/aromatic N) is 1. The van der Waals surface area contributed by atoms with Gasteiger partial charge in [0.15, 0.2) is 0 Å². The van der Waals surface area contributed by atoms with Gasteiger partial charge in [0.05, 0.1) is 6.61 Å². The van der Waals surface area contributed by atoms with Crippen molar-refractivity contribution in [2.75, 3.05) is 6.61 Å². The van der Waals surface area contributed by atoms with Gasteiger partial charge in [-0.15, -0.1) is 0 Å². The van der Waals surface area contributed by atoms with Crippen LogP contribution in [0.4, 0.5) is 0 Å². The number of hydrogen-bond donors (Lipinski definition) is 1. The van der Waals surface area contributed by atoms with Crippen molar-refractivity contribution in [1.29, 1.82) is 0 Å². The number of nitrogens with two attached hydrogens (primary N) is 1. The smallest absolute Gasteiger partial charge is 0.213 e. The van der Waals surface area contributed by atoms with E-state index in [0.29, 0.717) is 18.4 Å². The second-order valence-corrected chi connectivity index (χ2v) is 3.92. The molecule has 1 aromatic heterocycles. The first-order chi connectivity index (χ1) is 6.59. The Kier molecular flexibility index (Phi) is 3.89. The van der Waals surface area contributed by atoms with Crippen LogP contribution in [0.1, 0.15) is 32.4 Å². The van der Waals surface area contributed by atoms with Gasteiger partial charge < -0.3 is 10.5 Å². The van der Waals surface area contributed by atoms with Crippen molar-refractivity contribution in [2.45, 2.75) is 26.8 Å². The van der Waals surface area contributed by atoms with E-state index in [1.807, 2.05) is 19.1 Å². The van der Waals surface area contributed by atoms with Gasteiger partial charge >= 0.3 is 0 Å². The van der Waals surface area contributed by atoms with E-state index in [1.54, 1.807) is 6.20 Å². The maximum atomic E-state index is 5.76. The second kappa shape index (κ2) is 4.96. The van der Waals surface area contributed by atoms with Crippen molar-refractivity contribution in [2.24, 2.45) is 11.7 Å². The molecule has 0 fully saturated rings. The molecule has 1 unspecified atom stereocenters. The molecule has 0 aliphatic carbocycles. The molecule has 14 heavy (non-hydrogen) atoms. The van der Waals surface area contributed by atoms with Gasteiger partial charge in [0, 0.05) is 18.3 Å². The first-order valence-corrected chi connectivity index (χ1v) is 4.94. The van der Waals surface area contributed by atoms with Crippen LogP contribution in [0.2, 0.25) is 0 Å². The fraction of sp³-hybridized carbons (Fsp3) is 0.545. The predicted octanol–water partition coefficient (Wildman–Crippen LogP) is 2.14. The highest BCUT2D eigenvalue weighted by molar-refractivity contribution is 5.22. The van der Waals surface area contributed by atoms with Crippen LogP contribution >= 0.6 is 0 Å². The largest absolute Gasteiger partial charge is 0.477 e. The summed E-state index contributed by atoms with van der Waals surface area (Å²) >= 11 is 0. The number of rotatable bonds is 4. The molecule has 2 N–H and O–H groups in total. The Morgan fingerprint density at radius 2 is 2.14 bits per heavy atom. The van der Waals surface area contributed by atoms with Crippen LogP contribution in [0, 0.1) is 5.92 Å². The number of ether oxygens (including phenoxy) is 1. The van der Waals surface area contributed by atoms with Gasteiger partial charge in [-0.25, -0.2) is 4.98 Å². The highest BCUT2D eigenvalue weighted by Gasteiger charge is 2.02. The maximum Gasteiger partial charge on any atom is 0.213 e. The SMILES string of the molecule is CC(C)COc1cc(C(C)N)ccn1. The summed E-state index contributed by atoms with van der Waals surface area (Å²) in [5, 5.41) is 0. The lowest BCUT2D eigenvalue weighted by molar-refractivity contribution is 0.261. The highest BCUT2D eigenvalue weighted by Crippen LogP contribution is 2.14. The standard InChI is InChI=1S/C11H18N2O/c1-8(2)7-14-11-6-10(9(3)12)4-5-13-11/h4-6,8-9H,7,12H2,1-3H3. The van der Waals surface area contributed by atoms with Crippen LogP contribution < -0.4 is 10.5 Å². The van der Waals surface area contributed by atoms with Crippen LogP contribution in [0.5, 0.6) is 5.88 Å². The molecule has 1 heterocycles. The average Bonchev–Trinajstić information content (AvgIpc) is 2.15. The molecular formula is C11H18N2O. The molecule has 0 aliphatic rings. The summed E-state index contributed by atoms with van der Waals surface area (Å²) in [5.74, 6) is 1.17. The third kappa shape index (κ3) is 3.34. The molecule has 0 saturated heterocycles. The van der Waals surface area contributed by atoms with E-state index >= 15 is 0 Å². The van der Waals surface area contributed by atoms with Gasteiger partial charge in [-0.1, -0.05) is 13.8 Å². The topological polar surface area (TPSA) is 48.1 Å². The molecule has 0 aliphatic heterocycles. The summed E-state index contributed by atoms with van der Waals surface area (Å²) in [5.41, 5.74) is 6.81. The summed E-state index contributed by atoms with van der Waals surface area (Å²) in [7, 11) is 0. The Labute approximate surface area is 85.3 Å². The monoisotopic (exact) mass is 194 g/mol. The molecule has 0 spiro atoms. The van der Waals surface area contributed by atoms with Crippen molar-refractivity contribution in [1.82, 2.24) is 4.98 Å². The molecule has 3 nitrogen and oxygen atoms in total. The summed E-state index contributed by atoms with van der Waals surface area (Å²) in [6.45, 7) is 6.85. The highest BCUT2D eigenvalue weighted by atomic mass is 16.5.